The van der Waals surface area contributed by atoms with Crippen LogP contribution < -0.4 is 0 Å². The minimum atomic E-state index is -0.902. The number of allylic oxidation sites excluding steroid dienone is 3. The zero-order valence-corrected chi connectivity index (χ0v) is 19.7. The molecule has 3 heteroatoms. The Morgan fingerprint density at radius 2 is 1.77 bits per heavy atom. The molecule has 0 radical (unpaired) electrons. The number of carboxylic acid groups (broad SMARTS) is 1. The van der Waals surface area contributed by atoms with Gasteiger partial charge in [0.25, 0.3) is 0 Å². The van der Waals surface area contributed by atoms with Crippen molar-refractivity contribution in [1.82, 2.24) is 0 Å². The first kappa shape index (κ1) is 22.8. The van der Waals surface area contributed by atoms with Gasteiger partial charge in [0.2, 0.25) is 0 Å². The van der Waals surface area contributed by atoms with E-state index in [4.69, 9.17) is 9.84 Å². The first-order valence-electron chi connectivity index (χ1n) is 11.3. The van der Waals surface area contributed by atoms with E-state index >= 15 is 0 Å². The van der Waals surface area contributed by atoms with Crippen molar-refractivity contribution in [2.45, 2.75) is 77.6 Å². The van der Waals surface area contributed by atoms with Crippen molar-refractivity contribution in [3.63, 3.8) is 0 Å². The third-order valence-electron chi connectivity index (χ3n) is 7.68. The molecule has 1 N–H and O–H groups in total. The third kappa shape index (κ3) is 4.14. The molecule has 3 atom stereocenters. The summed E-state index contributed by atoms with van der Waals surface area (Å²) < 4.78 is 5.82. The summed E-state index contributed by atoms with van der Waals surface area (Å²) in [6.07, 6.45) is 7.83. The van der Waals surface area contributed by atoms with Gasteiger partial charge >= 0.3 is 5.97 Å². The molecule has 0 aliphatic heterocycles. The zero-order chi connectivity index (χ0) is 22.3. The molecule has 0 bridgehead atoms. The molecule has 0 amide bonds. The van der Waals surface area contributed by atoms with Crippen molar-refractivity contribution in [1.29, 1.82) is 0 Å². The minimum absolute atomic E-state index is 0.0157. The Balaban J connectivity index is 1.97. The molecule has 0 spiro atoms. The van der Waals surface area contributed by atoms with Crippen LogP contribution in [0.4, 0.5) is 0 Å². The maximum absolute atomic E-state index is 10.9. The number of hydrogen-bond donors (Lipinski definition) is 1. The van der Waals surface area contributed by atoms with E-state index in [9.17, 15) is 4.79 Å². The quantitative estimate of drug-likeness (QED) is 0.432. The van der Waals surface area contributed by atoms with Crippen LogP contribution in [-0.4, -0.2) is 24.3 Å². The highest BCUT2D eigenvalue weighted by Gasteiger charge is 2.60. The van der Waals surface area contributed by atoms with Crippen molar-refractivity contribution in [3.05, 3.63) is 58.7 Å². The van der Waals surface area contributed by atoms with Gasteiger partial charge in [-0.05, 0) is 71.6 Å². The molecule has 0 aromatic heterocycles. The van der Waals surface area contributed by atoms with Gasteiger partial charge in [-0.25, -0.2) is 4.79 Å². The maximum atomic E-state index is 10.9. The largest absolute Gasteiger partial charge is 0.478 e. The number of carboxylic acids is 1. The van der Waals surface area contributed by atoms with Crippen LogP contribution in [0.3, 0.4) is 0 Å². The Morgan fingerprint density at radius 1 is 1.13 bits per heavy atom. The summed E-state index contributed by atoms with van der Waals surface area (Å²) in [7, 11) is 0. The van der Waals surface area contributed by atoms with Crippen molar-refractivity contribution in [2.75, 3.05) is 13.2 Å². The van der Waals surface area contributed by atoms with E-state index in [1.165, 1.54) is 35.6 Å². The number of aliphatic carboxylic acids is 1. The molecule has 0 saturated heterocycles. The predicted molar refractivity (Wildman–Crippen MR) is 123 cm³/mol. The average molecular weight is 411 g/mol. The van der Waals surface area contributed by atoms with Gasteiger partial charge < -0.3 is 9.84 Å². The first-order chi connectivity index (χ1) is 13.9. The van der Waals surface area contributed by atoms with Crippen LogP contribution in [-0.2, 0) is 25.8 Å². The van der Waals surface area contributed by atoms with E-state index in [1.807, 2.05) is 19.9 Å². The van der Waals surface area contributed by atoms with E-state index in [2.05, 4.69) is 58.9 Å². The van der Waals surface area contributed by atoms with E-state index < -0.39 is 5.97 Å². The second-order valence-electron chi connectivity index (χ2n) is 10.7. The van der Waals surface area contributed by atoms with Gasteiger partial charge in [-0.3, -0.25) is 0 Å². The lowest BCUT2D eigenvalue weighted by molar-refractivity contribution is -0.131. The third-order valence-corrected chi connectivity index (χ3v) is 7.68. The topological polar surface area (TPSA) is 46.5 Å². The monoisotopic (exact) mass is 410 g/mol. The minimum Gasteiger partial charge on any atom is -0.478 e. The van der Waals surface area contributed by atoms with E-state index in [0.29, 0.717) is 18.4 Å². The standard InChI is InChI=1S/C27H38O3/c1-8-30-17-23-21(11-9-18(2)15-24(28)29)27(23,7)19-10-12-20-22(16-19)26(5,6)14-13-25(20,3)4/h9-12,15-16,21,23H,8,13-14,17H2,1-7H3,(H,28,29)/t21-,23+,27+/m1/s1. The lowest BCUT2D eigenvalue weighted by Gasteiger charge is -2.42. The second kappa shape index (κ2) is 8.00. The van der Waals surface area contributed by atoms with Crippen LogP contribution in [0.5, 0.6) is 0 Å². The summed E-state index contributed by atoms with van der Waals surface area (Å²) in [4.78, 5) is 10.9. The fourth-order valence-electron chi connectivity index (χ4n) is 5.32. The van der Waals surface area contributed by atoms with Gasteiger partial charge in [0.1, 0.15) is 0 Å². The Kier molecular flexibility index (Phi) is 6.08. The molecule has 1 aromatic carbocycles. The lowest BCUT2D eigenvalue weighted by atomic mass is 9.62. The Bertz CT molecular complexity index is 874. The van der Waals surface area contributed by atoms with Crippen LogP contribution in [0.2, 0.25) is 0 Å². The van der Waals surface area contributed by atoms with Gasteiger partial charge in [-0.1, -0.05) is 65.0 Å². The zero-order valence-electron chi connectivity index (χ0n) is 19.7. The van der Waals surface area contributed by atoms with Crippen molar-refractivity contribution in [2.24, 2.45) is 11.8 Å². The van der Waals surface area contributed by atoms with Gasteiger partial charge in [-0.2, -0.15) is 0 Å². The summed E-state index contributed by atoms with van der Waals surface area (Å²) in [5.41, 5.74) is 5.54. The summed E-state index contributed by atoms with van der Waals surface area (Å²) in [6, 6.07) is 7.15. The summed E-state index contributed by atoms with van der Waals surface area (Å²) in [5, 5.41) is 8.99. The lowest BCUT2D eigenvalue weighted by Crippen LogP contribution is -2.34. The van der Waals surface area contributed by atoms with Gasteiger partial charge in [0, 0.05) is 18.1 Å². The number of hydrogen-bond acceptors (Lipinski definition) is 2. The molecule has 2 aliphatic rings. The van der Waals surface area contributed by atoms with Gasteiger partial charge in [0.05, 0.1) is 6.61 Å². The van der Waals surface area contributed by atoms with Crippen LogP contribution in [0, 0.1) is 11.8 Å². The van der Waals surface area contributed by atoms with Crippen molar-refractivity contribution >= 4 is 5.97 Å². The Hall–Kier alpha value is -1.87. The summed E-state index contributed by atoms with van der Waals surface area (Å²) in [6.45, 7) is 17.1. The maximum Gasteiger partial charge on any atom is 0.328 e. The fraction of sp³-hybridized carbons (Fsp3) is 0.593. The van der Waals surface area contributed by atoms with Crippen LogP contribution in [0.15, 0.2) is 42.0 Å². The molecule has 1 saturated carbocycles. The highest BCUT2D eigenvalue weighted by Crippen LogP contribution is 2.61. The highest BCUT2D eigenvalue weighted by molar-refractivity contribution is 5.81. The van der Waals surface area contributed by atoms with E-state index in [0.717, 1.165) is 12.2 Å². The smallest absolute Gasteiger partial charge is 0.328 e. The van der Waals surface area contributed by atoms with E-state index in [-0.39, 0.29) is 16.2 Å². The molecule has 3 nitrogen and oxygen atoms in total. The predicted octanol–water partition coefficient (Wildman–Crippen LogP) is 6.16. The number of carbonyl (C=O) groups is 1. The molecular formula is C27H38O3. The van der Waals surface area contributed by atoms with Gasteiger partial charge in [-0.15, -0.1) is 0 Å². The van der Waals surface area contributed by atoms with Crippen LogP contribution >= 0.6 is 0 Å². The van der Waals surface area contributed by atoms with Gasteiger partial charge in [0.15, 0.2) is 0 Å². The first-order valence-corrected chi connectivity index (χ1v) is 11.3. The number of ether oxygens (including phenoxy) is 1. The average Bonchev–Trinajstić information content (AvgIpc) is 3.25. The fourth-order valence-corrected chi connectivity index (χ4v) is 5.32. The molecule has 1 aromatic rings. The molecule has 164 valence electrons. The number of rotatable bonds is 7. The molecule has 30 heavy (non-hydrogen) atoms. The summed E-state index contributed by atoms with van der Waals surface area (Å²) >= 11 is 0. The van der Waals surface area contributed by atoms with Crippen LogP contribution in [0.1, 0.15) is 78.0 Å². The molecule has 3 rings (SSSR count). The Morgan fingerprint density at radius 3 is 2.37 bits per heavy atom. The Labute approximate surface area is 182 Å². The van der Waals surface area contributed by atoms with E-state index in [1.54, 1.807) is 0 Å². The highest BCUT2D eigenvalue weighted by atomic mass is 16.5. The van der Waals surface area contributed by atoms with Crippen molar-refractivity contribution < 1.29 is 14.6 Å². The van der Waals surface area contributed by atoms with Crippen LogP contribution in [0.25, 0.3) is 0 Å². The normalized spacial score (nSPS) is 29.6. The number of benzene rings is 1. The molecule has 0 unspecified atom stereocenters. The molecule has 2 aliphatic carbocycles. The second-order valence-corrected chi connectivity index (χ2v) is 10.7. The SMILES string of the molecule is CCOC[C@H]1[C@@H](C=CC(C)=CC(=O)O)[C@]1(C)c1ccc2c(c1)C(C)(C)CCC2(C)C. The molecule has 1 fully saturated rings. The molecule has 0 heterocycles. The molecular weight excluding hydrogens is 372 g/mol. The summed E-state index contributed by atoms with van der Waals surface area (Å²) in [5.74, 6) is -0.149. The number of fused-ring (bicyclic) bond motifs is 1. The van der Waals surface area contributed by atoms with Crippen molar-refractivity contribution in [3.8, 4) is 0 Å².